The Bertz CT molecular complexity index is 502. The maximum atomic E-state index is 6.12. The summed E-state index contributed by atoms with van der Waals surface area (Å²) in [6, 6.07) is 10.3. The highest BCUT2D eigenvalue weighted by atomic mass is 15.3. The summed E-state index contributed by atoms with van der Waals surface area (Å²) in [5.41, 5.74) is 7.21. The summed E-state index contributed by atoms with van der Waals surface area (Å²) in [7, 11) is 0. The van der Waals surface area contributed by atoms with E-state index in [9.17, 15) is 0 Å². The number of aryl methyl sites for hydroxylation is 1. The molecule has 1 unspecified atom stereocenters. The molecule has 0 radical (unpaired) electrons. The van der Waals surface area contributed by atoms with Crippen LogP contribution in [0.1, 0.15) is 25.5 Å². The number of benzene rings is 1. The van der Waals surface area contributed by atoms with Crippen LogP contribution in [0.3, 0.4) is 0 Å². The first kappa shape index (κ1) is 12.8. The topological polar surface area (TPSA) is 56.7 Å². The van der Waals surface area contributed by atoms with Crippen molar-refractivity contribution in [1.82, 2.24) is 14.8 Å². The van der Waals surface area contributed by atoms with Gasteiger partial charge in [0.25, 0.3) is 0 Å². The van der Waals surface area contributed by atoms with Crippen molar-refractivity contribution in [3.05, 3.63) is 42.0 Å². The third-order valence-electron chi connectivity index (χ3n) is 3.18. The molecular weight excluding hydrogens is 224 g/mol. The van der Waals surface area contributed by atoms with Gasteiger partial charge in [0, 0.05) is 18.2 Å². The summed E-state index contributed by atoms with van der Waals surface area (Å²) in [6.45, 7) is 6.21. The van der Waals surface area contributed by atoms with Crippen LogP contribution in [0.4, 0.5) is 0 Å². The average Bonchev–Trinajstić information content (AvgIpc) is 2.71. The van der Waals surface area contributed by atoms with Gasteiger partial charge in [-0.3, -0.25) is 4.57 Å². The van der Waals surface area contributed by atoms with Gasteiger partial charge in [-0.05, 0) is 25.0 Å². The highest BCUT2D eigenvalue weighted by Crippen LogP contribution is 2.15. The van der Waals surface area contributed by atoms with E-state index in [4.69, 9.17) is 5.73 Å². The fourth-order valence-electron chi connectivity index (χ4n) is 1.90. The molecule has 1 atom stereocenters. The molecule has 2 N–H and O–H groups in total. The lowest BCUT2D eigenvalue weighted by Crippen LogP contribution is -2.30. The van der Waals surface area contributed by atoms with Crippen LogP contribution in [-0.2, 0) is 6.42 Å². The number of aromatic nitrogens is 3. The predicted octanol–water partition coefficient (Wildman–Crippen LogP) is 2.10. The molecule has 4 nitrogen and oxygen atoms in total. The van der Waals surface area contributed by atoms with Crippen LogP contribution in [0.25, 0.3) is 5.69 Å². The van der Waals surface area contributed by atoms with Crippen LogP contribution in [-0.4, -0.2) is 20.8 Å². The minimum absolute atomic E-state index is 0.107. The van der Waals surface area contributed by atoms with E-state index >= 15 is 0 Å². The van der Waals surface area contributed by atoms with Crippen molar-refractivity contribution in [3.8, 4) is 5.69 Å². The Morgan fingerprint density at radius 1 is 1.17 bits per heavy atom. The Morgan fingerprint density at radius 2 is 1.83 bits per heavy atom. The number of para-hydroxylation sites is 1. The minimum atomic E-state index is 0.107. The summed E-state index contributed by atoms with van der Waals surface area (Å²) >= 11 is 0. The van der Waals surface area contributed by atoms with E-state index in [1.807, 2.05) is 25.1 Å². The van der Waals surface area contributed by atoms with Gasteiger partial charge in [-0.15, -0.1) is 10.2 Å². The molecule has 0 saturated carbocycles. The smallest absolute Gasteiger partial charge is 0.139 e. The quantitative estimate of drug-likeness (QED) is 0.896. The molecule has 2 aromatic rings. The van der Waals surface area contributed by atoms with Crippen LogP contribution in [0, 0.1) is 12.8 Å². The maximum absolute atomic E-state index is 6.12. The summed E-state index contributed by atoms with van der Waals surface area (Å²) in [6.07, 6.45) is 0.743. The van der Waals surface area contributed by atoms with Gasteiger partial charge in [0.05, 0.1) is 0 Å². The first-order valence-corrected chi connectivity index (χ1v) is 6.31. The van der Waals surface area contributed by atoms with Crippen molar-refractivity contribution >= 4 is 0 Å². The zero-order valence-electron chi connectivity index (χ0n) is 11.2. The molecule has 0 aliphatic rings. The fourth-order valence-corrected chi connectivity index (χ4v) is 1.90. The van der Waals surface area contributed by atoms with Gasteiger partial charge >= 0.3 is 0 Å². The second kappa shape index (κ2) is 5.31. The van der Waals surface area contributed by atoms with E-state index in [-0.39, 0.29) is 6.04 Å². The highest BCUT2D eigenvalue weighted by molar-refractivity contribution is 5.33. The van der Waals surface area contributed by atoms with Gasteiger partial charge in [-0.1, -0.05) is 32.0 Å². The number of hydrogen-bond donors (Lipinski definition) is 1. The van der Waals surface area contributed by atoms with Gasteiger partial charge in [0.1, 0.15) is 11.6 Å². The molecule has 0 aliphatic heterocycles. The summed E-state index contributed by atoms with van der Waals surface area (Å²) in [4.78, 5) is 0. The summed E-state index contributed by atoms with van der Waals surface area (Å²) < 4.78 is 2.07. The molecule has 1 heterocycles. The van der Waals surface area contributed by atoms with E-state index in [1.54, 1.807) is 0 Å². The third-order valence-corrected chi connectivity index (χ3v) is 3.18. The van der Waals surface area contributed by atoms with Crippen molar-refractivity contribution in [2.24, 2.45) is 11.7 Å². The summed E-state index contributed by atoms with van der Waals surface area (Å²) in [5.74, 6) is 2.26. The Morgan fingerprint density at radius 3 is 2.44 bits per heavy atom. The van der Waals surface area contributed by atoms with E-state index in [0.717, 1.165) is 23.8 Å². The van der Waals surface area contributed by atoms with Crippen molar-refractivity contribution in [2.75, 3.05) is 0 Å². The molecule has 0 amide bonds. The predicted molar refractivity (Wildman–Crippen MR) is 72.6 cm³/mol. The molecule has 4 heteroatoms. The van der Waals surface area contributed by atoms with Crippen LogP contribution in [0.15, 0.2) is 30.3 Å². The molecule has 0 spiro atoms. The molecule has 1 aromatic heterocycles. The normalized spacial score (nSPS) is 12.9. The second-order valence-corrected chi connectivity index (χ2v) is 4.95. The molecule has 2 rings (SSSR count). The molecule has 96 valence electrons. The molecule has 0 bridgehead atoms. The molecule has 18 heavy (non-hydrogen) atoms. The van der Waals surface area contributed by atoms with Crippen molar-refractivity contribution in [2.45, 2.75) is 33.2 Å². The van der Waals surface area contributed by atoms with E-state index in [1.165, 1.54) is 0 Å². The molecule has 0 saturated heterocycles. The molecular formula is C14H20N4. The second-order valence-electron chi connectivity index (χ2n) is 4.95. The van der Waals surface area contributed by atoms with Crippen molar-refractivity contribution < 1.29 is 0 Å². The van der Waals surface area contributed by atoms with E-state index in [0.29, 0.717) is 5.92 Å². The zero-order valence-corrected chi connectivity index (χ0v) is 11.2. The zero-order chi connectivity index (χ0) is 13.1. The molecule has 0 aliphatic carbocycles. The number of nitrogens with zero attached hydrogens (tertiary/aromatic N) is 3. The lowest BCUT2D eigenvalue weighted by Gasteiger charge is -2.16. The van der Waals surface area contributed by atoms with Crippen LogP contribution >= 0.6 is 0 Å². The SMILES string of the molecule is Cc1nnc(CC(N)C(C)C)n1-c1ccccc1. The van der Waals surface area contributed by atoms with E-state index in [2.05, 4.69) is 40.7 Å². The van der Waals surface area contributed by atoms with Gasteiger partial charge in [0.2, 0.25) is 0 Å². The Balaban J connectivity index is 2.34. The Kier molecular flexibility index (Phi) is 3.77. The minimum Gasteiger partial charge on any atom is -0.327 e. The lowest BCUT2D eigenvalue weighted by molar-refractivity contribution is 0.478. The van der Waals surface area contributed by atoms with Gasteiger partial charge in [-0.2, -0.15) is 0 Å². The first-order valence-electron chi connectivity index (χ1n) is 6.31. The van der Waals surface area contributed by atoms with Crippen LogP contribution in [0.5, 0.6) is 0 Å². The molecule has 0 fully saturated rings. The van der Waals surface area contributed by atoms with Crippen LogP contribution < -0.4 is 5.73 Å². The number of hydrogen-bond acceptors (Lipinski definition) is 3. The number of rotatable bonds is 4. The number of nitrogens with two attached hydrogens (primary N) is 1. The monoisotopic (exact) mass is 244 g/mol. The van der Waals surface area contributed by atoms with Gasteiger partial charge in [0.15, 0.2) is 0 Å². The third kappa shape index (κ3) is 2.59. The first-order chi connectivity index (χ1) is 8.59. The van der Waals surface area contributed by atoms with E-state index < -0.39 is 0 Å². The maximum Gasteiger partial charge on any atom is 0.139 e. The standard InChI is InChI=1S/C14H20N4/c1-10(2)13(15)9-14-17-16-11(3)18(14)12-7-5-4-6-8-12/h4-8,10,13H,9,15H2,1-3H3. The van der Waals surface area contributed by atoms with Gasteiger partial charge in [-0.25, -0.2) is 0 Å². The largest absolute Gasteiger partial charge is 0.327 e. The average molecular weight is 244 g/mol. The van der Waals surface area contributed by atoms with Gasteiger partial charge < -0.3 is 5.73 Å². The summed E-state index contributed by atoms with van der Waals surface area (Å²) in [5, 5.41) is 8.41. The van der Waals surface area contributed by atoms with Crippen molar-refractivity contribution in [1.29, 1.82) is 0 Å². The van der Waals surface area contributed by atoms with Crippen LogP contribution in [0.2, 0.25) is 0 Å². The Labute approximate surface area is 108 Å². The highest BCUT2D eigenvalue weighted by Gasteiger charge is 2.15. The van der Waals surface area contributed by atoms with Crippen molar-refractivity contribution in [3.63, 3.8) is 0 Å². The molecule has 1 aromatic carbocycles. The lowest BCUT2D eigenvalue weighted by atomic mass is 10.0. The fraction of sp³-hybridized carbons (Fsp3) is 0.429. The Hall–Kier alpha value is -1.68.